The number of rotatable bonds is 7. The van der Waals surface area contributed by atoms with Crippen LogP contribution in [0.25, 0.3) is 17.1 Å². The van der Waals surface area contributed by atoms with Gasteiger partial charge >= 0.3 is 0 Å². The molecule has 4 aromatic rings. The van der Waals surface area contributed by atoms with Crippen molar-refractivity contribution in [1.82, 2.24) is 20.1 Å². The fraction of sp³-hybridized carbons (Fsp3) is 0.160. The largest absolute Gasteiger partial charge is 0.497 e. The van der Waals surface area contributed by atoms with Gasteiger partial charge in [0, 0.05) is 22.7 Å². The van der Waals surface area contributed by atoms with Crippen molar-refractivity contribution in [2.24, 2.45) is 0 Å². The third kappa shape index (κ3) is 4.98. The van der Waals surface area contributed by atoms with Gasteiger partial charge in [0.05, 0.1) is 12.8 Å². The Labute approximate surface area is 191 Å². The van der Waals surface area contributed by atoms with Gasteiger partial charge in [-0.25, -0.2) is 9.67 Å². The summed E-state index contributed by atoms with van der Waals surface area (Å²) in [4.78, 5) is 17.3. The molecule has 0 bridgehead atoms. The van der Waals surface area contributed by atoms with E-state index in [1.54, 1.807) is 17.9 Å². The van der Waals surface area contributed by atoms with Crippen LogP contribution in [0.1, 0.15) is 21.7 Å². The molecule has 1 N–H and O–H groups in total. The zero-order valence-electron chi connectivity index (χ0n) is 17.9. The smallest absolute Gasteiger partial charge is 0.251 e. The number of halogens is 1. The van der Waals surface area contributed by atoms with Gasteiger partial charge in [0.1, 0.15) is 11.6 Å². The average Bonchev–Trinajstić information content (AvgIpc) is 3.22. The first kappa shape index (κ1) is 21.6. The molecule has 0 radical (unpaired) electrons. The predicted molar refractivity (Wildman–Crippen MR) is 126 cm³/mol. The first-order valence-electron chi connectivity index (χ1n) is 10.2. The molecule has 6 nitrogen and oxygen atoms in total. The Morgan fingerprint density at radius 2 is 1.81 bits per heavy atom. The van der Waals surface area contributed by atoms with Crippen LogP contribution in [-0.2, 0) is 6.42 Å². The zero-order valence-corrected chi connectivity index (χ0v) is 18.6. The van der Waals surface area contributed by atoms with Gasteiger partial charge in [-0.1, -0.05) is 29.8 Å². The Hall–Kier alpha value is -3.64. The number of benzene rings is 3. The lowest BCUT2D eigenvalue weighted by atomic mass is 10.1. The standard InChI is InChI=1S/C25H23ClN4O2/c1-17-28-24(19-8-12-23(32-2)13-9-19)30(29-17)22-5-3-4-20(16-22)25(31)27-15-14-18-6-10-21(26)11-7-18/h3-13,16H,14-15H2,1-2H3,(H,27,31). The molecule has 7 heteroatoms. The van der Waals surface area contributed by atoms with Crippen molar-refractivity contribution >= 4 is 17.5 Å². The Morgan fingerprint density at radius 1 is 1.06 bits per heavy atom. The predicted octanol–water partition coefficient (Wildman–Crippen LogP) is 4.88. The van der Waals surface area contributed by atoms with Crippen LogP contribution in [0.5, 0.6) is 5.75 Å². The lowest BCUT2D eigenvalue weighted by Gasteiger charge is -2.10. The third-order valence-corrected chi connectivity index (χ3v) is 5.28. The topological polar surface area (TPSA) is 69.0 Å². The van der Waals surface area contributed by atoms with Crippen LogP contribution >= 0.6 is 11.6 Å². The van der Waals surface area contributed by atoms with Gasteiger partial charge < -0.3 is 10.1 Å². The molecule has 0 spiro atoms. The minimum absolute atomic E-state index is 0.136. The number of amides is 1. The van der Waals surface area contributed by atoms with Crippen molar-refractivity contribution in [2.45, 2.75) is 13.3 Å². The normalized spacial score (nSPS) is 10.7. The van der Waals surface area contributed by atoms with Crippen LogP contribution in [-0.4, -0.2) is 34.3 Å². The lowest BCUT2D eigenvalue weighted by Crippen LogP contribution is -2.25. The summed E-state index contributed by atoms with van der Waals surface area (Å²) in [5.74, 6) is 1.98. The first-order chi connectivity index (χ1) is 15.5. The second kappa shape index (κ2) is 9.66. The number of hydrogen-bond donors (Lipinski definition) is 1. The van der Waals surface area contributed by atoms with E-state index in [9.17, 15) is 4.79 Å². The highest BCUT2D eigenvalue weighted by Crippen LogP contribution is 2.24. The number of hydrogen-bond acceptors (Lipinski definition) is 4. The Morgan fingerprint density at radius 3 is 2.53 bits per heavy atom. The van der Waals surface area contributed by atoms with Crippen molar-refractivity contribution in [3.8, 4) is 22.8 Å². The molecule has 0 aliphatic heterocycles. The van der Waals surface area contributed by atoms with Crippen molar-refractivity contribution in [3.05, 3.63) is 94.8 Å². The van der Waals surface area contributed by atoms with Gasteiger partial charge in [0.25, 0.3) is 5.91 Å². The van der Waals surface area contributed by atoms with Crippen LogP contribution in [0.4, 0.5) is 0 Å². The summed E-state index contributed by atoms with van der Waals surface area (Å²) in [6.07, 6.45) is 0.729. The average molecular weight is 447 g/mol. The second-order valence-corrected chi connectivity index (χ2v) is 7.74. The summed E-state index contributed by atoms with van der Waals surface area (Å²) in [6, 6.07) is 22.6. The minimum Gasteiger partial charge on any atom is -0.497 e. The van der Waals surface area contributed by atoms with E-state index in [0.29, 0.717) is 28.8 Å². The highest BCUT2D eigenvalue weighted by Gasteiger charge is 2.14. The summed E-state index contributed by atoms with van der Waals surface area (Å²) in [5, 5.41) is 8.22. The molecule has 1 amide bonds. The van der Waals surface area contributed by atoms with Crippen LogP contribution < -0.4 is 10.1 Å². The van der Waals surface area contributed by atoms with E-state index in [-0.39, 0.29) is 5.91 Å². The van der Waals surface area contributed by atoms with E-state index in [4.69, 9.17) is 16.3 Å². The maximum atomic E-state index is 12.7. The van der Waals surface area contributed by atoms with Crippen molar-refractivity contribution in [3.63, 3.8) is 0 Å². The second-order valence-electron chi connectivity index (χ2n) is 7.31. The zero-order chi connectivity index (χ0) is 22.5. The molecule has 0 saturated heterocycles. The van der Waals surface area contributed by atoms with Crippen molar-refractivity contribution < 1.29 is 9.53 Å². The molecular formula is C25H23ClN4O2. The Balaban J connectivity index is 1.51. The molecular weight excluding hydrogens is 424 g/mol. The van der Waals surface area contributed by atoms with Gasteiger partial charge in [-0.2, -0.15) is 5.10 Å². The molecule has 0 atom stereocenters. The van der Waals surface area contributed by atoms with Gasteiger partial charge in [-0.3, -0.25) is 4.79 Å². The molecule has 0 saturated carbocycles. The molecule has 1 heterocycles. The van der Waals surface area contributed by atoms with E-state index < -0.39 is 0 Å². The molecule has 0 aliphatic rings. The molecule has 32 heavy (non-hydrogen) atoms. The summed E-state index contributed by atoms with van der Waals surface area (Å²) in [7, 11) is 1.63. The SMILES string of the molecule is COc1ccc(-c2nc(C)nn2-c2cccc(C(=O)NCCc3ccc(Cl)cc3)c2)cc1. The van der Waals surface area contributed by atoms with E-state index in [1.165, 1.54) is 0 Å². The summed E-state index contributed by atoms with van der Waals surface area (Å²) in [6.45, 7) is 2.38. The van der Waals surface area contributed by atoms with Gasteiger partial charge in [0.2, 0.25) is 0 Å². The Kier molecular flexibility index (Phi) is 6.52. The monoisotopic (exact) mass is 446 g/mol. The first-order valence-corrected chi connectivity index (χ1v) is 10.6. The lowest BCUT2D eigenvalue weighted by molar-refractivity contribution is 0.0954. The summed E-state index contributed by atoms with van der Waals surface area (Å²) < 4.78 is 6.99. The Bertz CT molecular complexity index is 1220. The maximum Gasteiger partial charge on any atom is 0.251 e. The number of nitrogens with one attached hydrogen (secondary N) is 1. The van der Waals surface area contributed by atoms with Crippen LogP contribution in [0.3, 0.4) is 0 Å². The highest BCUT2D eigenvalue weighted by atomic mass is 35.5. The van der Waals surface area contributed by atoms with Crippen LogP contribution in [0.2, 0.25) is 5.02 Å². The number of aryl methyl sites for hydroxylation is 1. The number of ether oxygens (including phenoxy) is 1. The maximum absolute atomic E-state index is 12.7. The van der Waals surface area contributed by atoms with Gasteiger partial charge in [0.15, 0.2) is 5.82 Å². The van der Waals surface area contributed by atoms with Crippen molar-refractivity contribution in [2.75, 3.05) is 13.7 Å². The molecule has 0 fully saturated rings. The van der Waals surface area contributed by atoms with Gasteiger partial charge in [-0.05, 0) is 73.5 Å². The van der Waals surface area contributed by atoms with Crippen molar-refractivity contribution in [1.29, 1.82) is 0 Å². The third-order valence-electron chi connectivity index (χ3n) is 5.03. The molecule has 0 aliphatic carbocycles. The fourth-order valence-electron chi connectivity index (χ4n) is 3.37. The van der Waals surface area contributed by atoms with E-state index >= 15 is 0 Å². The molecule has 3 aromatic carbocycles. The minimum atomic E-state index is -0.136. The fourth-order valence-corrected chi connectivity index (χ4v) is 3.50. The molecule has 4 rings (SSSR count). The molecule has 0 unspecified atom stereocenters. The molecule has 1 aromatic heterocycles. The summed E-state index contributed by atoms with van der Waals surface area (Å²) in [5.41, 5.74) is 3.35. The van der Waals surface area contributed by atoms with E-state index in [0.717, 1.165) is 29.0 Å². The molecule has 162 valence electrons. The van der Waals surface area contributed by atoms with E-state index in [1.807, 2.05) is 73.7 Å². The van der Waals surface area contributed by atoms with Gasteiger partial charge in [-0.15, -0.1) is 0 Å². The number of nitrogens with zero attached hydrogens (tertiary/aromatic N) is 3. The van der Waals surface area contributed by atoms with Crippen LogP contribution in [0.15, 0.2) is 72.8 Å². The van der Waals surface area contributed by atoms with E-state index in [2.05, 4.69) is 15.4 Å². The van der Waals surface area contributed by atoms with Crippen LogP contribution in [0, 0.1) is 6.92 Å². The number of carbonyl (C=O) groups excluding carboxylic acids is 1. The summed E-state index contributed by atoms with van der Waals surface area (Å²) >= 11 is 5.92. The quantitative estimate of drug-likeness (QED) is 0.439. The highest BCUT2D eigenvalue weighted by molar-refractivity contribution is 6.30. The number of carbonyl (C=O) groups is 1. The number of methoxy groups -OCH3 is 1. The number of aromatic nitrogens is 3.